The van der Waals surface area contributed by atoms with E-state index in [9.17, 15) is 22.0 Å². The average Bonchev–Trinajstić information content (AvgIpc) is 2.00. The lowest BCUT2D eigenvalue weighted by atomic mass is 10.2. The molecule has 1 nitrogen and oxygen atoms in total. The maximum absolute atomic E-state index is 12.3. The Kier molecular flexibility index (Phi) is 3.32. The molecule has 0 spiro atoms. The molecule has 0 amide bonds. The summed E-state index contributed by atoms with van der Waals surface area (Å²) >= 11 is 2.74. The quantitative estimate of drug-likeness (QED) is 0.709. The highest BCUT2D eigenvalue weighted by Gasteiger charge is 2.35. The number of aromatic nitrogens is 1. The maximum Gasteiger partial charge on any atom is 0.433 e. The first-order valence-electron chi connectivity index (χ1n) is 3.76. The van der Waals surface area contributed by atoms with E-state index in [1.165, 1.54) is 0 Å². The molecule has 0 atom stereocenters. The van der Waals surface area contributed by atoms with Gasteiger partial charge in [-0.05, 0) is 34.5 Å². The summed E-state index contributed by atoms with van der Waals surface area (Å²) in [6.45, 7) is 1.16. The second-order valence-corrected chi connectivity index (χ2v) is 3.67. The van der Waals surface area contributed by atoms with E-state index in [2.05, 4.69) is 20.9 Å². The van der Waals surface area contributed by atoms with Crippen LogP contribution in [0.5, 0.6) is 0 Å². The van der Waals surface area contributed by atoms with Gasteiger partial charge in [0.05, 0.1) is 0 Å². The van der Waals surface area contributed by atoms with Crippen LogP contribution in [0.2, 0.25) is 0 Å². The first kappa shape index (κ1) is 12.4. The highest BCUT2D eigenvalue weighted by atomic mass is 79.9. The minimum Gasteiger partial charge on any atom is -0.241 e. The van der Waals surface area contributed by atoms with Gasteiger partial charge in [-0.3, -0.25) is 0 Å². The molecule has 0 aliphatic carbocycles. The number of rotatable bonds is 1. The van der Waals surface area contributed by atoms with Gasteiger partial charge in [-0.25, -0.2) is 13.8 Å². The van der Waals surface area contributed by atoms with E-state index in [0.29, 0.717) is 0 Å². The zero-order valence-corrected chi connectivity index (χ0v) is 8.96. The van der Waals surface area contributed by atoms with Gasteiger partial charge in [-0.2, -0.15) is 13.2 Å². The largest absolute Gasteiger partial charge is 0.433 e. The molecule has 7 heteroatoms. The fraction of sp³-hybridized carbons (Fsp3) is 0.375. The van der Waals surface area contributed by atoms with E-state index in [-0.39, 0.29) is 10.0 Å². The summed E-state index contributed by atoms with van der Waals surface area (Å²) in [7, 11) is 0. The van der Waals surface area contributed by atoms with Crippen LogP contribution < -0.4 is 0 Å². The molecule has 0 aliphatic heterocycles. The smallest absolute Gasteiger partial charge is 0.241 e. The van der Waals surface area contributed by atoms with Crippen molar-refractivity contribution in [3.8, 4) is 0 Å². The van der Waals surface area contributed by atoms with Gasteiger partial charge < -0.3 is 0 Å². The lowest BCUT2D eigenvalue weighted by Crippen LogP contribution is -2.12. The Morgan fingerprint density at radius 2 is 1.87 bits per heavy atom. The predicted octanol–water partition coefficient (Wildman–Crippen LogP) is 4.11. The molecule has 0 aliphatic rings. The zero-order valence-electron chi connectivity index (χ0n) is 7.37. The molecule has 0 radical (unpaired) electrons. The Bertz CT molecular complexity index is 374. The number of nitrogens with zero attached hydrogens (tertiary/aromatic N) is 1. The number of halogens is 6. The molecule has 84 valence electrons. The summed E-state index contributed by atoms with van der Waals surface area (Å²) in [4.78, 5) is 2.92. The van der Waals surface area contributed by atoms with E-state index >= 15 is 0 Å². The van der Waals surface area contributed by atoms with Crippen molar-refractivity contribution in [1.29, 1.82) is 0 Å². The molecule has 1 heterocycles. The maximum atomic E-state index is 12.3. The van der Waals surface area contributed by atoms with Crippen LogP contribution in [-0.2, 0) is 6.18 Å². The van der Waals surface area contributed by atoms with E-state index in [4.69, 9.17) is 0 Å². The SMILES string of the molecule is Cc1cc(Br)c(C(F)F)nc1C(F)(F)F. The van der Waals surface area contributed by atoms with Crippen molar-refractivity contribution in [3.63, 3.8) is 0 Å². The molecule has 0 N–H and O–H groups in total. The van der Waals surface area contributed by atoms with Crippen LogP contribution in [-0.4, -0.2) is 4.98 Å². The van der Waals surface area contributed by atoms with Gasteiger partial charge in [0.15, 0.2) is 0 Å². The van der Waals surface area contributed by atoms with Crippen molar-refractivity contribution in [3.05, 3.63) is 27.5 Å². The van der Waals surface area contributed by atoms with Crippen molar-refractivity contribution in [2.24, 2.45) is 0 Å². The number of hydrogen-bond acceptors (Lipinski definition) is 1. The van der Waals surface area contributed by atoms with E-state index < -0.39 is 24.0 Å². The third-order valence-electron chi connectivity index (χ3n) is 1.67. The summed E-state index contributed by atoms with van der Waals surface area (Å²) in [6.07, 6.45) is -7.75. The number of alkyl halides is 5. The molecule has 15 heavy (non-hydrogen) atoms. The third-order valence-corrected chi connectivity index (χ3v) is 2.30. The topological polar surface area (TPSA) is 12.9 Å². The molecule has 0 aromatic carbocycles. The van der Waals surface area contributed by atoms with Gasteiger partial charge in [-0.15, -0.1) is 0 Å². The van der Waals surface area contributed by atoms with Crippen molar-refractivity contribution >= 4 is 15.9 Å². The van der Waals surface area contributed by atoms with Gasteiger partial charge in [0.25, 0.3) is 6.43 Å². The van der Waals surface area contributed by atoms with Gasteiger partial charge in [0, 0.05) is 4.47 Å². The minimum absolute atomic E-state index is 0.122. The fourth-order valence-electron chi connectivity index (χ4n) is 1.03. The molecule has 0 bridgehead atoms. The molecular formula is C8H5BrF5N. The molecule has 0 fully saturated rings. The molecule has 0 saturated heterocycles. The highest BCUT2D eigenvalue weighted by molar-refractivity contribution is 9.10. The minimum atomic E-state index is -4.71. The molecule has 0 saturated carbocycles. The lowest BCUT2D eigenvalue weighted by Gasteiger charge is -2.12. The second kappa shape index (κ2) is 4.03. The van der Waals surface area contributed by atoms with Crippen LogP contribution >= 0.6 is 15.9 Å². The standard InChI is InChI=1S/C8H5BrF5N/c1-3-2-4(9)5(7(10)11)15-6(3)8(12,13)14/h2,7H,1H3. The predicted molar refractivity (Wildman–Crippen MR) is 46.6 cm³/mol. The number of pyridine rings is 1. The monoisotopic (exact) mass is 289 g/mol. The lowest BCUT2D eigenvalue weighted by molar-refractivity contribution is -0.141. The van der Waals surface area contributed by atoms with Crippen LogP contribution in [0.1, 0.15) is 23.4 Å². The summed E-state index contributed by atoms with van der Waals surface area (Å²) in [5, 5.41) is 0. The highest BCUT2D eigenvalue weighted by Crippen LogP contribution is 2.34. The van der Waals surface area contributed by atoms with Crippen LogP contribution in [0.15, 0.2) is 10.5 Å². The zero-order chi connectivity index (χ0) is 11.8. The Labute approximate surface area is 90.4 Å². The van der Waals surface area contributed by atoms with Gasteiger partial charge >= 0.3 is 6.18 Å². The van der Waals surface area contributed by atoms with E-state index in [0.717, 1.165) is 13.0 Å². The molecule has 1 aromatic rings. The second-order valence-electron chi connectivity index (χ2n) is 2.82. The van der Waals surface area contributed by atoms with Crippen molar-refractivity contribution in [1.82, 2.24) is 4.98 Å². The number of hydrogen-bond donors (Lipinski definition) is 0. The van der Waals surface area contributed by atoms with Gasteiger partial charge in [0.2, 0.25) is 0 Å². The van der Waals surface area contributed by atoms with Gasteiger partial charge in [-0.1, -0.05) is 0 Å². The molecule has 0 unspecified atom stereocenters. The average molecular weight is 290 g/mol. The summed E-state index contributed by atoms with van der Waals surface area (Å²) in [6, 6.07) is 0.983. The Morgan fingerprint density at radius 3 is 2.27 bits per heavy atom. The van der Waals surface area contributed by atoms with Crippen LogP contribution in [0, 0.1) is 6.92 Å². The summed E-state index contributed by atoms with van der Waals surface area (Å²) in [5.41, 5.74) is -2.37. The van der Waals surface area contributed by atoms with Crippen LogP contribution in [0.25, 0.3) is 0 Å². The molecule has 1 rings (SSSR count). The first-order valence-corrected chi connectivity index (χ1v) is 4.55. The number of aryl methyl sites for hydroxylation is 1. The van der Waals surface area contributed by atoms with E-state index in [1.54, 1.807) is 0 Å². The third kappa shape index (κ3) is 2.64. The van der Waals surface area contributed by atoms with E-state index in [1.807, 2.05) is 0 Å². The normalized spacial score (nSPS) is 12.3. The fourth-order valence-corrected chi connectivity index (χ4v) is 1.64. The summed E-state index contributed by atoms with van der Waals surface area (Å²) < 4.78 is 61.3. The van der Waals surface area contributed by atoms with Crippen molar-refractivity contribution in [2.45, 2.75) is 19.5 Å². The van der Waals surface area contributed by atoms with Crippen molar-refractivity contribution in [2.75, 3.05) is 0 Å². The summed E-state index contributed by atoms with van der Waals surface area (Å²) in [5.74, 6) is 0. The Morgan fingerprint density at radius 1 is 1.33 bits per heavy atom. The van der Waals surface area contributed by atoms with Crippen molar-refractivity contribution < 1.29 is 22.0 Å². The Hall–Kier alpha value is -0.720. The van der Waals surface area contributed by atoms with Crippen LogP contribution in [0.4, 0.5) is 22.0 Å². The first-order chi connectivity index (χ1) is 6.73. The van der Waals surface area contributed by atoms with Gasteiger partial charge in [0.1, 0.15) is 11.4 Å². The molecule has 1 aromatic heterocycles. The Balaban J connectivity index is 3.37. The molecular weight excluding hydrogens is 285 g/mol. The van der Waals surface area contributed by atoms with Crippen LogP contribution in [0.3, 0.4) is 0 Å².